The summed E-state index contributed by atoms with van der Waals surface area (Å²) in [6.45, 7) is 32.5. The number of aryl methyl sites for hydroxylation is 4. The molecule has 8 N–H and O–H groups in total. The summed E-state index contributed by atoms with van der Waals surface area (Å²) in [7, 11) is 0. The molecular formula is C100H76N16O4. The third-order valence-corrected chi connectivity index (χ3v) is 23.3. The Morgan fingerprint density at radius 1 is 0.258 bits per heavy atom. The van der Waals surface area contributed by atoms with Gasteiger partial charge in [-0.1, -0.05) is 95.1 Å². The first kappa shape index (κ1) is 71.8. The van der Waals surface area contributed by atoms with E-state index in [-0.39, 0.29) is 0 Å². The van der Waals surface area contributed by atoms with Crippen molar-refractivity contribution in [3.8, 4) is 135 Å². The zero-order chi connectivity index (χ0) is 81.0. The van der Waals surface area contributed by atoms with Crippen LogP contribution >= 0.6 is 0 Å². The summed E-state index contributed by atoms with van der Waals surface area (Å²) in [5.41, 5.74) is 35.6. The highest BCUT2D eigenvalue weighted by molar-refractivity contribution is 6.08. The minimum Gasteiger partial charge on any atom is -0.488 e. The fraction of sp³-hybridized carbons (Fsp3) is 0.0800. The number of nitrogens with zero attached hydrogens (tertiary/aromatic N) is 8. The van der Waals surface area contributed by atoms with Gasteiger partial charge in [0.2, 0.25) is 0 Å². The van der Waals surface area contributed by atoms with Gasteiger partial charge in [-0.05, 0) is 249 Å². The van der Waals surface area contributed by atoms with Crippen molar-refractivity contribution in [2.45, 2.75) is 52.1 Å². The van der Waals surface area contributed by atoms with Crippen LogP contribution in [0.4, 0.5) is 0 Å². The lowest BCUT2D eigenvalue weighted by atomic mass is 9.85. The second-order valence-electron chi connectivity index (χ2n) is 30.2. The second-order valence-corrected chi connectivity index (χ2v) is 30.2. The highest BCUT2D eigenvalue weighted by atomic mass is 16.5. The summed E-state index contributed by atoms with van der Waals surface area (Å²) < 4.78 is 24.6. The van der Waals surface area contributed by atoms with E-state index in [9.17, 15) is 0 Å². The van der Waals surface area contributed by atoms with Gasteiger partial charge in [0.15, 0.2) is 0 Å². The molecule has 120 heavy (non-hydrogen) atoms. The van der Waals surface area contributed by atoms with Gasteiger partial charge in [0.05, 0.1) is 81.0 Å². The lowest BCUT2D eigenvalue weighted by molar-refractivity contribution is 0.302. The van der Waals surface area contributed by atoms with Gasteiger partial charge in [-0.3, -0.25) is 0 Å². The Labute approximate surface area is 688 Å². The Bertz CT molecular complexity index is 6960. The normalized spacial score (nSPS) is 12.9. The average molecular weight is 1570 g/mol. The van der Waals surface area contributed by atoms with E-state index in [0.717, 1.165) is 229 Å². The molecule has 20 nitrogen and oxygen atoms in total. The van der Waals surface area contributed by atoms with Crippen LogP contribution in [0, 0.1) is 0 Å². The molecule has 2 aliphatic carbocycles. The van der Waals surface area contributed by atoms with Gasteiger partial charge in [-0.25, -0.2) is 39.9 Å². The van der Waals surface area contributed by atoms with Crippen LogP contribution in [-0.4, -0.2) is 79.7 Å². The lowest BCUT2D eigenvalue weighted by Gasteiger charge is -2.25. The van der Waals surface area contributed by atoms with Crippen molar-refractivity contribution in [3.05, 3.63) is 314 Å². The molecule has 0 bridgehead atoms. The first-order valence-corrected chi connectivity index (χ1v) is 39.6. The van der Waals surface area contributed by atoms with Crippen LogP contribution in [0.25, 0.3) is 204 Å². The van der Waals surface area contributed by atoms with E-state index < -0.39 is 0 Å². The quantitative estimate of drug-likeness (QED) is 0.0568. The van der Waals surface area contributed by atoms with Crippen LogP contribution in [0.15, 0.2) is 223 Å². The Hall–Kier alpha value is -16.0. The summed E-state index contributed by atoms with van der Waals surface area (Å²) in [4.78, 5) is 62.4. The first-order valence-electron chi connectivity index (χ1n) is 39.6. The topological polar surface area (TPSA) is 266 Å². The Morgan fingerprint density at radius 3 is 0.992 bits per heavy atom. The molecule has 0 fully saturated rings. The molecule has 10 aromatic carbocycles. The Kier molecular flexibility index (Phi) is 17.4. The zero-order valence-corrected chi connectivity index (χ0v) is 65.3. The van der Waals surface area contributed by atoms with E-state index in [1.54, 1.807) is 48.6 Å². The highest BCUT2D eigenvalue weighted by Crippen LogP contribution is 2.49. The van der Waals surface area contributed by atoms with Crippen molar-refractivity contribution in [2.24, 2.45) is 0 Å². The Morgan fingerprint density at radius 2 is 0.592 bits per heavy atom. The van der Waals surface area contributed by atoms with E-state index in [0.29, 0.717) is 26.4 Å². The third-order valence-electron chi connectivity index (χ3n) is 23.3. The lowest BCUT2D eigenvalue weighted by Crippen LogP contribution is -2.10. The third kappa shape index (κ3) is 12.6. The summed E-state index contributed by atoms with van der Waals surface area (Å²) in [5.74, 6) is 9.82. The van der Waals surface area contributed by atoms with Crippen LogP contribution in [0.3, 0.4) is 0 Å². The SMILES string of the molecule is C=Cc1ncc(-c2ccc3c(c2)COc2cc4c(ccc5[nH]c(C=C)nc54)cc2-3)[nH]1.C=Cc1ncc(-c2ccc3c(c2)OCc2cc4c(cc2-3)CCc2[nH]c(C=C)nc2-4)[nH]1.C=Cc1ncc(-c2ccc3c(c2)OCc2cc4c(cc2-3)CCc2[nH]c(C=C)nc2-4)[nH]1.C=Cc1ncc(-c2ccc3c(c2)OCc2cc4c(ccc5[nH]c(C=C)nc54)cc2-3)[nH]1. The van der Waals surface area contributed by atoms with Crippen molar-refractivity contribution < 1.29 is 18.9 Å². The maximum absolute atomic E-state index is 6.16. The molecule has 24 rings (SSSR count). The van der Waals surface area contributed by atoms with Crippen LogP contribution in [-0.2, 0) is 52.1 Å². The van der Waals surface area contributed by atoms with Crippen LogP contribution in [0.2, 0.25) is 0 Å². The monoisotopic (exact) mass is 1560 g/mol. The number of H-pyrrole nitrogens is 8. The number of imidazole rings is 8. The molecule has 0 saturated heterocycles. The largest absolute Gasteiger partial charge is 0.488 e. The molecule has 8 aromatic heterocycles. The van der Waals surface area contributed by atoms with Crippen LogP contribution in [0.1, 0.15) is 91.4 Å². The summed E-state index contributed by atoms with van der Waals surface area (Å²) in [6, 6.07) is 51.6. The minimum absolute atomic E-state index is 0.526. The summed E-state index contributed by atoms with van der Waals surface area (Å²) >= 11 is 0. The summed E-state index contributed by atoms with van der Waals surface area (Å²) in [5, 5.41) is 4.48. The zero-order valence-electron chi connectivity index (χ0n) is 65.3. The van der Waals surface area contributed by atoms with Crippen molar-refractivity contribution in [1.82, 2.24) is 79.7 Å². The highest BCUT2D eigenvalue weighted by Gasteiger charge is 2.30. The van der Waals surface area contributed by atoms with Gasteiger partial charge in [-0.2, -0.15) is 0 Å². The first-order chi connectivity index (χ1) is 58.9. The van der Waals surface area contributed by atoms with Crippen molar-refractivity contribution in [1.29, 1.82) is 0 Å². The molecule has 18 aromatic rings. The van der Waals surface area contributed by atoms with E-state index in [1.807, 2.05) is 24.8 Å². The molecule has 4 aliphatic heterocycles. The predicted octanol–water partition coefficient (Wildman–Crippen LogP) is 22.7. The molecule has 0 saturated carbocycles. The molecule has 0 unspecified atom stereocenters. The fourth-order valence-electron chi connectivity index (χ4n) is 17.2. The molecule has 0 spiro atoms. The molecular weight excluding hydrogens is 1490 g/mol. The molecule has 6 aliphatic rings. The van der Waals surface area contributed by atoms with Gasteiger partial charge in [-0.15, -0.1) is 0 Å². The van der Waals surface area contributed by atoms with E-state index in [2.05, 4.69) is 268 Å². The molecule has 0 radical (unpaired) electrons. The fourth-order valence-corrected chi connectivity index (χ4v) is 17.2. The van der Waals surface area contributed by atoms with Gasteiger partial charge >= 0.3 is 0 Å². The molecule has 580 valence electrons. The van der Waals surface area contributed by atoms with Gasteiger partial charge in [0.1, 0.15) is 96.0 Å². The van der Waals surface area contributed by atoms with Gasteiger partial charge < -0.3 is 58.8 Å². The van der Waals surface area contributed by atoms with Gasteiger partial charge in [0, 0.05) is 72.2 Å². The number of nitrogens with one attached hydrogen (secondary N) is 8. The number of aromatic nitrogens is 16. The van der Waals surface area contributed by atoms with Crippen LogP contribution < -0.4 is 18.9 Å². The number of hydrogen-bond acceptors (Lipinski definition) is 12. The van der Waals surface area contributed by atoms with Gasteiger partial charge in [0.25, 0.3) is 0 Å². The number of hydrogen-bond donors (Lipinski definition) is 8. The second kappa shape index (κ2) is 29.1. The maximum Gasteiger partial charge on any atom is 0.130 e. The van der Waals surface area contributed by atoms with Crippen molar-refractivity contribution in [2.75, 3.05) is 0 Å². The predicted molar refractivity (Wildman–Crippen MR) is 480 cm³/mol. The minimum atomic E-state index is 0.526. The summed E-state index contributed by atoms with van der Waals surface area (Å²) in [6.07, 6.45) is 25.1. The number of benzene rings is 10. The van der Waals surface area contributed by atoms with Crippen molar-refractivity contribution in [3.63, 3.8) is 0 Å². The Balaban J connectivity index is 0.0000000990. The van der Waals surface area contributed by atoms with E-state index in [4.69, 9.17) is 28.9 Å². The van der Waals surface area contributed by atoms with Crippen LogP contribution in [0.5, 0.6) is 23.0 Å². The number of ether oxygens (including phenoxy) is 4. The molecule has 0 amide bonds. The maximum atomic E-state index is 6.16. The molecule has 12 heterocycles. The average Bonchev–Trinajstić information content (AvgIpc) is 1.47. The molecule has 0 atom stereocenters. The number of fused-ring (bicyclic) bond motifs is 24. The molecule has 20 heteroatoms. The standard InChI is InChI=1S/C25H18N4O.2C25H20N4O.C25H18N4O/c1-3-23-26-12-21(28-23)15-5-7-17-16(9-15)13-30-22-11-18-14(10-19(17)22)6-8-20-25(18)29-24(4-2)27-20;3*1-3-23-26-12-21(28-23)15-5-7-17-18-9-14-6-8-20-25(29-24(4-2)27-20)19(14)10-16(18)13-30-22(17)11-15/h3-12H,1-2,13H2,(H,26,28)(H,27,29);2*3-5,7,9-12H,1-2,6,8,13H2,(H,26,28)(H,27,29);3-12H,1-2,13H2,(H,26,28)(H,27,29). The number of rotatable bonds is 12. The smallest absolute Gasteiger partial charge is 0.130 e. The number of aromatic amines is 8. The van der Waals surface area contributed by atoms with Crippen molar-refractivity contribution >= 4 is 92.2 Å². The van der Waals surface area contributed by atoms with E-state index in [1.165, 1.54) is 67.0 Å². The van der Waals surface area contributed by atoms with E-state index >= 15 is 0 Å².